The van der Waals surface area contributed by atoms with Crippen LogP contribution in [-0.4, -0.2) is 55.0 Å². The summed E-state index contributed by atoms with van der Waals surface area (Å²) in [6, 6.07) is 25.2. The Bertz CT molecular complexity index is 1250. The second kappa shape index (κ2) is 12.1. The van der Waals surface area contributed by atoms with Crippen LogP contribution in [0.25, 0.3) is 0 Å². The Balaban J connectivity index is 1.30. The van der Waals surface area contributed by atoms with Crippen LogP contribution in [0.3, 0.4) is 0 Å². The molecule has 0 unspecified atom stereocenters. The van der Waals surface area contributed by atoms with Gasteiger partial charge in [0.1, 0.15) is 0 Å². The Morgan fingerprint density at radius 2 is 1.64 bits per heavy atom. The molecule has 1 amide bonds. The number of hydrogen-bond donors (Lipinski definition) is 1. The predicted molar refractivity (Wildman–Crippen MR) is 161 cm³/mol. The Hall–Kier alpha value is -2.86. The third-order valence-corrected chi connectivity index (χ3v) is 8.70. The van der Waals surface area contributed by atoms with Crippen molar-refractivity contribution in [2.24, 2.45) is 17.6 Å². The van der Waals surface area contributed by atoms with Gasteiger partial charge in [0.05, 0.1) is 5.92 Å². The van der Waals surface area contributed by atoms with Crippen molar-refractivity contribution in [3.05, 3.63) is 100 Å². The maximum absolute atomic E-state index is 14.0. The van der Waals surface area contributed by atoms with Gasteiger partial charge in [0.2, 0.25) is 5.91 Å². The number of likely N-dealkylation sites (tertiary alicyclic amines) is 1. The van der Waals surface area contributed by atoms with Crippen molar-refractivity contribution in [3.8, 4) is 0 Å². The second-order valence-corrected chi connectivity index (χ2v) is 12.0. The van der Waals surface area contributed by atoms with Crippen molar-refractivity contribution >= 4 is 23.2 Å². The first kappa shape index (κ1) is 27.7. The van der Waals surface area contributed by atoms with Crippen LogP contribution in [-0.2, 0) is 11.3 Å². The Morgan fingerprint density at radius 1 is 0.949 bits per heavy atom. The van der Waals surface area contributed by atoms with Crippen LogP contribution in [0.1, 0.15) is 48.1 Å². The summed E-state index contributed by atoms with van der Waals surface area (Å²) in [4.78, 5) is 21.0. The number of benzene rings is 3. The van der Waals surface area contributed by atoms with E-state index in [1.165, 1.54) is 27.9 Å². The highest BCUT2D eigenvalue weighted by Crippen LogP contribution is 2.36. The third kappa shape index (κ3) is 6.32. The topological polar surface area (TPSA) is 52.8 Å². The molecule has 0 aliphatic carbocycles. The van der Waals surface area contributed by atoms with Crippen LogP contribution in [0.15, 0.2) is 72.8 Å². The van der Waals surface area contributed by atoms with Crippen LogP contribution >= 0.6 is 11.6 Å². The zero-order chi connectivity index (χ0) is 27.5. The fourth-order valence-electron chi connectivity index (χ4n) is 6.14. The molecule has 2 heterocycles. The van der Waals surface area contributed by atoms with E-state index >= 15 is 0 Å². The van der Waals surface area contributed by atoms with E-state index in [1.54, 1.807) is 0 Å². The van der Waals surface area contributed by atoms with Gasteiger partial charge in [-0.15, -0.1) is 0 Å². The highest BCUT2D eigenvalue weighted by molar-refractivity contribution is 6.30. The third-order valence-electron chi connectivity index (χ3n) is 8.45. The Labute approximate surface area is 238 Å². The van der Waals surface area contributed by atoms with Gasteiger partial charge in [-0.25, -0.2) is 0 Å². The van der Waals surface area contributed by atoms with Crippen LogP contribution in [0.5, 0.6) is 0 Å². The van der Waals surface area contributed by atoms with Crippen molar-refractivity contribution in [3.63, 3.8) is 0 Å². The minimum absolute atomic E-state index is 0.00576. The van der Waals surface area contributed by atoms with E-state index < -0.39 is 0 Å². The van der Waals surface area contributed by atoms with E-state index in [4.69, 9.17) is 17.3 Å². The molecule has 3 aromatic carbocycles. The van der Waals surface area contributed by atoms with Crippen molar-refractivity contribution < 1.29 is 4.79 Å². The number of anilines is 1. The van der Waals surface area contributed by atoms with Crippen molar-refractivity contribution in [2.45, 2.75) is 39.3 Å². The zero-order valence-corrected chi connectivity index (χ0v) is 24.1. The fourth-order valence-corrected chi connectivity index (χ4v) is 6.27. The standard InChI is InChI=1S/C33H41ClN4O/c1-23(2)32(35)28-19-24(3)9-14-31(28)37-15-17-38(18-16-37)33(39)30-22-36(20-25-7-5-4-6-8-25)21-29(30)26-10-12-27(34)13-11-26/h4-14,19,23,29-30,32H,15-18,20-22,35H2,1-3H3/t29-,30+,32-/m0/s1. The molecule has 2 saturated heterocycles. The highest BCUT2D eigenvalue weighted by atomic mass is 35.5. The average Bonchev–Trinajstić information content (AvgIpc) is 3.36. The summed E-state index contributed by atoms with van der Waals surface area (Å²) in [6.45, 7) is 12.1. The molecular weight excluding hydrogens is 504 g/mol. The molecule has 2 fully saturated rings. The minimum atomic E-state index is -0.0641. The maximum atomic E-state index is 14.0. The molecule has 3 atom stereocenters. The van der Waals surface area contributed by atoms with Gasteiger partial charge >= 0.3 is 0 Å². The smallest absolute Gasteiger partial charge is 0.227 e. The Kier molecular flexibility index (Phi) is 8.61. The van der Waals surface area contributed by atoms with Crippen molar-refractivity contribution in [1.82, 2.24) is 9.80 Å². The summed E-state index contributed by atoms with van der Waals surface area (Å²) < 4.78 is 0. The van der Waals surface area contributed by atoms with Gasteiger partial charge in [-0.2, -0.15) is 0 Å². The lowest BCUT2D eigenvalue weighted by atomic mass is 9.88. The molecule has 2 N–H and O–H groups in total. The number of piperazine rings is 1. The molecule has 0 spiro atoms. The van der Waals surface area contributed by atoms with E-state index in [0.717, 1.165) is 50.8 Å². The summed E-state index contributed by atoms with van der Waals surface area (Å²) in [5.74, 6) is 0.725. The van der Waals surface area contributed by atoms with Crippen LogP contribution in [0.4, 0.5) is 5.69 Å². The van der Waals surface area contributed by atoms with Crippen molar-refractivity contribution in [1.29, 1.82) is 0 Å². The number of carbonyl (C=O) groups is 1. The highest BCUT2D eigenvalue weighted by Gasteiger charge is 2.41. The molecule has 2 aliphatic heterocycles. The van der Waals surface area contributed by atoms with Gasteiger partial charge < -0.3 is 15.5 Å². The van der Waals surface area contributed by atoms with Crippen LogP contribution < -0.4 is 10.6 Å². The molecule has 5 nitrogen and oxygen atoms in total. The Morgan fingerprint density at radius 3 is 2.31 bits per heavy atom. The molecule has 6 heteroatoms. The number of carbonyl (C=O) groups excluding carboxylic acids is 1. The quantitative estimate of drug-likeness (QED) is 0.404. The van der Waals surface area contributed by atoms with Gasteiger partial charge in [-0.1, -0.05) is 85.6 Å². The average molecular weight is 545 g/mol. The van der Waals surface area contributed by atoms with E-state index in [1.807, 2.05) is 18.2 Å². The normalized spacial score (nSPS) is 21.0. The minimum Gasteiger partial charge on any atom is -0.368 e. The van der Waals surface area contributed by atoms with E-state index in [0.29, 0.717) is 5.92 Å². The van der Waals surface area contributed by atoms with Crippen LogP contribution in [0.2, 0.25) is 5.02 Å². The lowest BCUT2D eigenvalue weighted by molar-refractivity contribution is -0.135. The largest absolute Gasteiger partial charge is 0.368 e. The number of hydrogen-bond acceptors (Lipinski definition) is 4. The van der Waals surface area contributed by atoms with Gasteiger partial charge in [-0.3, -0.25) is 9.69 Å². The fraction of sp³-hybridized carbons (Fsp3) is 0.424. The molecular formula is C33H41ClN4O. The van der Waals surface area contributed by atoms with E-state index in [-0.39, 0.29) is 23.8 Å². The molecule has 206 valence electrons. The lowest BCUT2D eigenvalue weighted by Crippen LogP contribution is -2.51. The van der Waals surface area contributed by atoms with Gasteiger partial charge in [0.15, 0.2) is 0 Å². The molecule has 39 heavy (non-hydrogen) atoms. The second-order valence-electron chi connectivity index (χ2n) is 11.6. The number of amides is 1. The zero-order valence-electron chi connectivity index (χ0n) is 23.4. The first-order valence-corrected chi connectivity index (χ1v) is 14.6. The monoisotopic (exact) mass is 544 g/mol. The SMILES string of the molecule is Cc1ccc(N2CCN(C(=O)[C@@H]3CN(Cc4ccccc4)C[C@H]3c3ccc(Cl)cc3)CC2)c([C@@H](N)C(C)C)c1. The van der Waals surface area contributed by atoms with Gasteiger partial charge in [-0.05, 0) is 47.7 Å². The molecule has 0 radical (unpaired) electrons. The molecule has 5 rings (SSSR count). The van der Waals surface area contributed by atoms with Gasteiger partial charge in [0, 0.05) is 68.5 Å². The molecule has 0 aromatic heterocycles. The van der Waals surface area contributed by atoms with E-state index in [9.17, 15) is 4.79 Å². The molecule has 0 bridgehead atoms. The first-order valence-electron chi connectivity index (χ1n) is 14.2. The van der Waals surface area contributed by atoms with Gasteiger partial charge in [0.25, 0.3) is 0 Å². The molecule has 3 aromatic rings. The summed E-state index contributed by atoms with van der Waals surface area (Å²) in [6.07, 6.45) is 0. The number of nitrogens with zero attached hydrogens (tertiary/aromatic N) is 3. The number of rotatable bonds is 7. The number of nitrogens with two attached hydrogens (primary N) is 1. The summed E-state index contributed by atoms with van der Waals surface area (Å²) in [5, 5.41) is 0.726. The molecule has 2 aliphatic rings. The van der Waals surface area contributed by atoms with Crippen molar-refractivity contribution in [2.75, 3.05) is 44.2 Å². The lowest BCUT2D eigenvalue weighted by Gasteiger charge is -2.39. The maximum Gasteiger partial charge on any atom is 0.227 e. The molecule has 0 saturated carbocycles. The summed E-state index contributed by atoms with van der Waals surface area (Å²) >= 11 is 6.20. The summed E-state index contributed by atoms with van der Waals surface area (Å²) in [5.41, 5.74) is 12.7. The predicted octanol–water partition coefficient (Wildman–Crippen LogP) is 5.87. The van der Waals surface area contributed by atoms with Crippen LogP contribution in [0, 0.1) is 18.8 Å². The first-order chi connectivity index (χ1) is 18.8. The summed E-state index contributed by atoms with van der Waals surface area (Å²) in [7, 11) is 0. The van der Waals surface area contributed by atoms with E-state index in [2.05, 4.69) is 90.1 Å². The number of aryl methyl sites for hydroxylation is 1. The number of halogens is 1.